The fraction of sp³-hybridized carbons (Fsp3) is 0.136. The fourth-order valence-corrected chi connectivity index (χ4v) is 2.69. The Hall–Kier alpha value is -2.87. The fourth-order valence-electron chi connectivity index (χ4n) is 2.69. The number of hydrogen-bond acceptors (Lipinski definition) is 2. The lowest BCUT2D eigenvalue weighted by molar-refractivity contribution is 0.0612. The van der Waals surface area contributed by atoms with E-state index in [2.05, 4.69) is 18.2 Å². The molecule has 0 N–H and O–H groups in total. The first-order chi connectivity index (χ1) is 11.8. The monoisotopic (exact) mass is 316 g/mol. The van der Waals surface area contributed by atoms with Gasteiger partial charge in [0.25, 0.3) is 0 Å². The van der Waals surface area contributed by atoms with Crippen LogP contribution in [0.2, 0.25) is 0 Å². The number of ether oxygens (including phenoxy) is 1. The largest absolute Gasteiger partial charge is 0.427 e. The van der Waals surface area contributed by atoms with E-state index < -0.39 is 0 Å². The molecule has 2 aromatic carbocycles. The van der Waals surface area contributed by atoms with Crippen LogP contribution in [0.1, 0.15) is 30.1 Å². The van der Waals surface area contributed by atoms with Crippen LogP contribution in [0.3, 0.4) is 0 Å². The van der Waals surface area contributed by atoms with Crippen molar-refractivity contribution in [1.29, 1.82) is 0 Å². The van der Waals surface area contributed by atoms with Crippen molar-refractivity contribution in [2.24, 2.45) is 0 Å². The predicted molar refractivity (Wildman–Crippen MR) is 97.5 cm³/mol. The summed E-state index contributed by atoms with van der Waals surface area (Å²) >= 11 is 0. The second kappa shape index (κ2) is 7.60. The molecule has 0 amide bonds. The number of esters is 1. The van der Waals surface area contributed by atoms with Gasteiger partial charge in [0.1, 0.15) is 5.76 Å². The van der Waals surface area contributed by atoms with Crippen LogP contribution in [0.15, 0.2) is 90.2 Å². The Morgan fingerprint density at radius 2 is 1.67 bits per heavy atom. The van der Waals surface area contributed by atoms with Crippen molar-refractivity contribution in [2.75, 3.05) is 0 Å². The molecule has 2 aromatic rings. The van der Waals surface area contributed by atoms with Crippen LogP contribution in [0, 0.1) is 0 Å². The maximum absolute atomic E-state index is 12.4. The van der Waals surface area contributed by atoms with Gasteiger partial charge in [-0.25, -0.2) is 4.79 Å². The average molecular weight is 316 g/mol. The SMILES string of the molecule is CC/C(OC(=O)c1ccc(-c2ccccc2)cc1)=C1\C=CC=CC1. The molecule has 120 valence electrons. The molecule has 2 nitrogen and oxygen atoms in total. The summed E-state index contributed by atoms with van der Waals surface area (Å²) in [7, 11) is 0. The third-order valence-electron chi connectivity index (χ3n) is 4.01. The first kappa shape index (κ1) is 16.0. The van der Waals surface area contributed by atoms with E-state index in [0.717, 1.165) is 28.9 Å². The highest BCUT2D eigenvalue weighted by Crippen LogP contribution is 2.22. The van der Waals surface area contributed by atoms with E-state index in [-0.39, 0.29) is 5.97 Å². The minimum atomic E-state index is -0.304. The first-order valence-corrected chi connectivity index (χ1v) is 8.21. The van der Waals surface area contributed by atoms with Gasteiger partial charge in [-0.05, 0) is 35.3 Å². The molecular weight excluding hydrogens is 296 g/mol. The molecule has 0 saturated heterocycles. The third kappa shape index (κ3) is 3.72. The lowest BCUT2D eigenvalue weighted by atomic mass is 10.0. The van der Waals surface area contributed by atoms with E-state index in [9.17, 15) is 4.79 Å². The molecule has 0 unspecified atom stereocenters. The number of rotatable bonds is 4. The Balaban J connectivity index is 1.76. The molecule has 0 fully saturated rings. The highest BCUT2D eigenvalue weighted by Gasteiger charge is 2.13. The molecule has 1 aliphatic rings. The van der Waals surface area contributed by atoms with Crippen molar-refractivity contribution >= 4 is 5.97 Å². The van der Waals surface area contributed by atoms with Crippen LogP contribution in [0.4, 0.5) is 0 Å². The zero-order valence-electron chi connectivity index (χ0n) is 13.7. The Labute approximate surface area is 142 Å². The second-order valence-electron chi connectivity index (χ2n) is 5.63. The third-order valence-corrected chi connectivity index (χ3v) is 4.01. The van der Waals surface area contributed by atoms with Gasteiger partial charge >= 0.3 is 5.97 Å². The van der Waals surface area contributed by atoms with Crippen LogP contribution >= 0.6 is 0 Å². The zero-order valence-corrected chi connectivity index (χ0v) is 13.7. The normalized spacial score (nSPS) is 15.2. The van der Waals surface area contributed by atoms with E-state index in [1.54, 1.807) is 0 Å². The maximum atomic E-state index is 12.4. The molecule has 0 bridgehead atoms. The van der Waals surface area contributed by atoms with Gasteiger partial charge in [-0.15, -0.1) is 0 Å². The minimum Gasteiger partial charge on any atom is -0.427 e. The molecule has 0 heterocycles. The van der Waals surface area contributed by atoms with E-state index in [0.29, 0.717) is 12.0 Å². The molecule has 0 aliphatic heterocycles. The van der Waals surface area contributed by atoms with Crippen molar-refractivity contribution < 1.29 is 9.53 Å². The van der Waals surface area contributed by atoms with Gasteiger partial charge in [-0.2, -0.15) is 0 Å². The molecule has 1 aliphatic carbocycles. The zero-order chi connectivity index (χ0) is 16.8. The summed E-state index contributed by atoms with van der Waals surface area (Å²) in [5, 5.41) is 0. The van der Waals surface area contributed by atoms with Crippen LogP contribution in [-0.4, -0.2) is 5.97 Å². The number of carbonyl (C=O) groups excluding carboxylic acids is 1. The molecule has 24 heavy (non-hydrogen) atoms. The van der Waals surface area contributed by atoms with Gasteiger partial charge < -0.3 is 4.74 Å². The van der Waals surface area contributed by atoms with E-state index in [4.69, 9.17) is 4.74 Å². The van der Waals surface area contributed by atoms with Crippen molar-refractivity contribution in [3.05, 3.63) is 95.8 Å². The van der Waals surface area contributed by atoms with Crippen molar-refractivity contribution in [3.63, 3.8) is 0 Å². The number of carbonyl (C=O) groups is 1. The average Bonchev–Trinajstić information content (AvgIpc) is 2.67. The first-order valence-electron chi connectivity index (χ1n) is 8.21. The Morgan fingerprint density at radius 1 is 0.958 bits per heavy atom. The summed E-state index contributed by atoms with van der Waals surface area (Å²) in [6.45, 7) is 2.00. The molecule has 0 saturated carbocycles. The van der Waals surface area contributed by atoms with E-state index in [1.807, 2.05) is 67.6 Å². The number of benzene rings is 2. The molecule has 0 aromatic heterocycles. The molecular formula is C22H20O2. The van der Waals surface area contributed by atoms with Gasteiger partial charge in [0.15, 0.2) is 0 Å². The number of allylic oxidation sites excluding steroid dienone is 6. The van der Waals surface area contributed by atoms with Gasteiger partial charge in [0.05, 0.1) is 5.56 Å². The molecule has 2 heteroatoms. The van der Waals surface area contributed by atoms with Crippen LogP contribution in [0.5, 0.6) is 0 Å². The predicted octanol–water partition coefficient (Wildman–Crippen LogP) is 5.69. The van der Waals surface area contributed by atoms with Gasteiger partial charge in [0.2, 0.25) is 0 Å². The van der Waals surface area contributed by atoms with E-state index >= 15 is 0 Å². The van der Waals surface area contributed by atoms with Crippen LogP contribution in [-0.2, 0) is 4.74 Å². The Bertz CT molecular complexity index is 794. The molecule has 0 radical (unpaired) electrons. The Morgan fingerprint density at radius 3 is 2.29 bits per heavy atom. The van der Waals surface area contributed by atoms with Gasteiger partial charge in [-0.1, -0.05) is 73.7 Å². The minimum absolute atomic E-state index is 0.304. The summed E-state index contributed by atoms with van der Waals surface area (Å²) in [6, 6.07) is 17.6. The standard InChI is InChI=1S/C22H20O2/c1-2-21(19-11-7-4-8-12-19)24-22(23)20-15-13-18(14-16-20)17-9-5-3-6-10-17/h3-11,13-16H,2,12H2,1H3/b21-19-. The Kier molecular flexibility index (Phi) is 5.07. The lowest BCUT2D eigenvalue weighted by Crippen LogP contribution is -2.06. The highest BCUT2D eigenvalue weighted by atomic mass is 16.5. The smallest absolute Gasteiger partial charge is 0.343 e. The molecule has 3 rings (SSSR count). The molecule has 0 atom stereocenters. The molecule has 0 spiro atoms. The van der Waals surface area contributed by atoms with Crippen LogP contribution < -0.4 is 0 Å². The quantitative estimate of drug-likeness (QED) is 0.535. The summed E-state index contributed by atoms with van der Waals surface area (Å²) < 4.78 is 5.63. The lowest BCUT2D eigenvalue weighted by Gasteiger charge is -2.12. The summed E-state index contributed by atoms with van der Waals surface area (Å²) in [4.78, 5) is 12.4. The maximum Gasteiger partial charge on any atom is 0.343 e. The summed E-state index contributed by atoms with van der Waals surface area (Å²) in [5.74, 6) is 0.439. The van der Waals surface area contributed by atoms with Gasteiger partial charge in [0, 0.05) is 6.42 Å². The van der Waals surface area contributed by atoms with Crippen LogP contribution in [0.25, 0.3) is 11.1 Å². The summed E-state index contributed by atoms with van der Waals surface area (Å²) in [5.41, 5.74) is 3.85. The van der Waals surface area contributed by atoms with Crippen molar-refractivity contribution in [1.82, 2.24) is 0 Å². The second-order valence-corrected chi connectivity index (χ2v) is 5.63. The highest BCUT2D eigenvalue weighted by molar-refractivity contribution is 5.90. The van der Waals surface area contributed by atoms with Crippen molar-refractivity contribution in [3.8, 4) is 11.1 Å². The van der Waals surface area contributed by atoms with Crippen molar-refractivity contribution in [2.45, 2.75) is 19.8 Å². The van der Waals surface area contributed by atoms with Gasteiger partial charge in [-0.3, -0.25) is 0 Å². The summed E-state index contributed by atoms with van der Waals surface area (Å²) in [6.07, 6.45) is 9.54. The number of hydrogen-bond donors (Lipinski definition) is 0. The van der Waals surface area contributed by atoms with E-state index in [1.165, 1.54) is 0 Å². The topological polar surface area (TPSA) is 26.3 Å².